The lowest BCUT2D eigenvalue weighted by molar-refractivity contribution is -0.143. The molecule has 4 heteroatoms. The fraction of sp³-hybridized carbons (Fsp3) is 0.185. The maximum Gasteiger partial charge on any atom is 0.306 e. The smallest absolute Gasteiger partial charge is 0.306 e. The molecule has 1 aromatic heterocycles. The summed E-state index contributed by atoms with van der Waals surface area (Å²) in [7, 11) is 0. The highest BCUT2D eigenvalue weighted by Crippen LogP contribution is 2.40. The molecule has 0 unspecified atom stereocenters. The summed E-state index contributed by atoms with van der Waals surface area (Å²) in [4.78, 5) is 11.8. The van der Waals surface area contributed by atoms with Crippen LogP contribution in [0.15, 0.2) is 103 Å². The van der Waals surface area contributed by atoms with Gasteiger partial charge in [0.25, 0.3) is 0 Å². The molecule has 0 saturated carbocycles. The van der Waals surface area contributed by atoms with Crippen molar-refractivity contribution in [1.82, 2.24) is 9.78 Å². The minimum Gasteiger partial charge on any atom is -0.466 e. The van der Waals surface area contributed by atoms with Crippen LogP contribution in [-0.4, -0.2) is 22.4 Å². The third-order valence-corrected chi connectivity index (χ3v) is 5.45. The highest BCUT2D eigenvalue weighted by molar-refractivity contribution is 5.69. The van der Waals surface area contributed by atoms with Crippen molar-refractivity contribution in [1.29, 1.82) is 0 Å². The van der Waals surface area contributed by atoms with E-state index in [0.29, 0.717) is 19.4 Å². The zero-order valence-electron chi connectivity index (χ0n) is 17.6. The number of nitrogens with zero attached hydrogens (tertiary/aromatic N) is 2. The molecule has 156 valence electrons. The minimum absolute atomic E-state index is 0.197. The Balaban J connectivity index is 1.87. The Morgan fingerprint density at radius 1 is 0.806 bits per heavy atom. The molecule has 4 rings (SSSR count). The van der Waals surface area contributed by atoms with Crippen LogP contribution in [0.5, 0.6) is 0 Å². The molecule has 0 fully saturated rings. The van der Waals surface area contributed by atoms with E-state index in [-0.39, 0.29) is 5.97 Å². The maximum atomic E-state index is 11.8. The van der Waals surface area contributed by atoms with Gasteiger partial charge in [0.05, 0.1) is 18.7 Å². The Kier molecular flexibility index (Phi) is 6.27. The van der Waals surface area contributed by atoms with E-state index in [1.54, 1.807) is 0 Å². The van der Waals surface area contributed by atoms with E-state index in [2.05, 4.69) is 72.8 Å². The quantitative estimate of drug-likeness (QED) is 0.295. The Labute approximate surface area is 183 Å². The van der Waals surface area contributed by atoms with Gasteiger partial charge < -0.3 is 4.74 Å². The zero-order chi connectivity index (χ0) is 21.5. The van der Waals surface area contributed by atoms with Crippen LogP contribution in [0, 0.1) is 0 Å². The molecular formula is C27H26N2O2. The fourth-order valence-electron chi connectivity index (χ4n) is 4.08. The number of carbonyl (C=O) groups excluding carboxylic acids is 1. The molecule has 0 amide bonds. The molecule has 0 saturated heterocycles. The van der Waals surface area contributed by atoms with E-state index in [0.717, 1.165) is 22.4 Å². The van der Waals surface area contributed by atoms with Crippen molar-refractivity contribution < 1.29 is 9.53 Å². The van der Waals surface area contributed by atoms with E-state index in [1.807, 2.05) is 42.1 Å². The Morgan fingerprint density at radius 3 is 1.74 bits per heavy atom. The highest BCUT2D eigenvalue weighted by Gasteiger charge is 2.39. The first kappa shape index (κ1) is 20.6. The van der Waals surface area contributed by atoms with Crippen LogP contribution in [0.25, 0.3) is 0 Å². The molecular weight excluding hydrogens is 384 g/mol. The second kappa shape index (κ2) is 9.43. The summed E-state index contributed by atoms with van der Waals surface area (Å²) in [5, 5.41) is 4.95. The normalized spacial score (nSPS) is 11.3. The predicted molar refractivity (Wildman–Crippen MR) is 122 cm³/mol. The second-order valence-electron chi connectivity index (χ2n) is 7.37. The van der Waals surface area contributed by atoms with Crippen molar-refractivity contribution in [2.24, 2.45) is 0 Å². The molecule has 0 aliphatic heterocycles. The number of hydrogen-bond acceptors (Lipinski definition) is 3. The average molecular weight is 411 g/mol. The van der Waals surface area contributed by atoms with Gasteiger partial charge in [-0.3, -0.25) is 9.48 Å². The van der Waals surface area contributed by atoms with E-state index in [1.165, 1.54) is 0 Å². The number of aryl methyl sites for hydroxylation is 1. The molecule has 31 heavy (non-hydrogen) atoms. The Hall–Kier alpha value is -3.66. The molecule has 0 atom stereocenters. The van der Waals surface area contributed by atoms with Crippen molar-refractivity contribution in [2.75, 3.05) is 6.61 Å². The van der Waals surface area contributed by atoms with Crippen molar-refractivity contribution >= 4 is 5.97 Å². The second-order valence-corrected chi connectivity index (χ2v) is 7.37. The first-order valence-corrected chi connectivity index (χ1v) is 10.6. The van der Waals surface area contributed by atoms with Crippen LogP contribution < -0.4 is 0 Å². The number of ether oxygens (including phenoxy) is 1. The first-order valence-electron chi connectivity index (χ1n) is 10.6. The highest BCUT2D eigenvalue weighted by atomic mass is 16.5. The minimum atomic E-state index is -0.633. The standard InChI is InChI=1S/C27H26N2O2/c1-2-31-26(30)19-18-25-20-21-29(28-25)27(22-12-6-3-7-13-22,23-14-8-4-9-15-23)24-16-10-5-11-17-24/h3-17,20-21H,2,18-19H2,1H3. The van der Waals surface area contributed by atoms with E-state index >= 15 is 0 Å². The summed E-state index contributed by atoms with van der Waals surface area (Å²) < 4.78 is 7.09. The van der Waals surface area contributed by atoms with Gasteiger partial charge in [0.15, 0.2) is 0 Å². The van der Waals surface area contributed by atoms with Crippen LogP contribution in [-0.2, 0) is 21.5 Å². The zero-order valence-corrected chi connectivity index (χ0v) is 17.6. The third kappa shape index (κ3) is 4.15. The van der Waals surface area contributed by atoms with Crippen molar-refractivity contribution in [3.63, 3.8) is 0 Å². The number of hydrogen-bond donors (Lipinski definition) is 0. The molecule has 0 bridgehead atoms. The number of carbonyl (C=O) groups is 1. The molecule has 0 radical (unpaired) electrons. The molecule has 0 N–H and O–H groups in total. The predicted octanol–water partition coefficient (Wildman–Crippen LogP) is 5.22. The van der Waals surface area contributed by atoms with Crippen molar-refractivity contribution in [2.45, 2.75) is 25.3 Å². The van der Waals surface area contributed by atoms with Gasteiger partial charge >= 0.3 is 5.97 Å². The molecule has 4 nitrogen and oxygen atoms in total. The lowest BCUT2D eigenvalue weighted by Crippen LogP contribution is -2.38. The van der Waals surface area contributed by atoms with Gasteiger partial charge in [-0.25, -0.2) is 0 Å². The topological polar surface area (TPSA) is 44.1 Å². The summed E-state index contributed by atoms with van der Waals surface area (Å²) >= 11 is 0. The summed E-state index contributed by atoms with van der Waals surface area (Å²) in [6.45, 7) is 2.22. The van der Waals surface area contributed by atoms with E-state index in [4.69, 9.17) is 9.84 Å². The van der Waals surface area contributed by atoms with Gasteiger partial charge in [-0.15, -0.1) is 0 Å². The summed E-state index contributed by atoms with van der Waals surface area (Å²) in [5.74, 6) is -0.197. The average Bonchev–Trinajstić information content (AvgIpc) is 3.30. The lowest BCUT2D eigenvalue weighted by Gasteiger charge is -2.36. The summed E-state index contributed by atoms with van der Waals surface area (Å²) in [6, 6.07) is 33.2. The monoisotopic (exact) mass is 410 g/mol. The molecule has 4 aromatic rings. The van der Waals surface area contributed by atoms with Gasteiger partial charge in [-0.1, -0.05) is 91.0 Å². The molecule has 1 heterocycles. The first-order chi connectivity index (χ1) is 15.2. The largest absolute Gasteiger partial charge is 0.466 e. The van der Waals surface area contributed by atoms with Crippen LogP contribution in [0.3, 0.4) is 0 Å². The van der Waals surface area contributed by atoms with Gasteiger partial charge in [0.2, 0.25) is 0 Å². The van der Waals surface area contributed by atoms with Crippen molar-refractivity contribution in [3.05, 3.63) is 126 Å². The van der Waals surface area contributed by atoms with Crippen LogP contribution >= 0.6 is 0 Å². The molecule has 0 aliphatic rings. The SMILES string of the molecule is CCOC(=O)CCc1ccn(C(c2ccccc2)(c2ccccc2)c2ccccc2)n1. The third-order valence-electron chi connectivity index (χ3n) is 5.45. The number of benzene rings is 3. The number of esters is 1. The van der Waals surface area contributed by atoms with Gasteiger partial charge in [0.1, 0.15) is 5.54 Å². The van der Waals surface area contributed by atoms with Crippen LogP contribution in [0.4, 0.5) is 0 Å². The van der Waals surface area contributed by atoms with Gasteiger partial charge in [-0.2, -0.15) is 5.10 Å². The molecule has 0 aliphatic carbocycles. The van der Waals surface area contributed by atoms with Gasteiger partial charge in [0, 0.05) is 12.6 Å². The Morgan fingerprint density at radius 2 is 1.29 bits per heavy atom. The van der Waals surface area contributed by atoms with Crippen LogP contribution in [0.2, 0.25) is 0 Å². The fourth-order valence-corrected chi connectivity index (χ4v) is 4.08. The number of aromatic nitrogens is 2. The van der Waals surface area contributed by atoms with Gasteiger partial charge in [-0.05, 0) is 29.7 Å². The molecule has 0 spiro atoms. The summed E-state index contributed by atoms with van der Waals surface area (Å²) in [5.41, 5.74) is 3.58. The van der Waals surface area contributed by atoms with Crippen molar-refractivity contribution in [3.8, 4) is 0 Å². The lowest BCUT2D eigenvalue weighted by atomic mass is 9.77. The summed E-state index contributed by atoms with van der Waals surface area (Å²) in [6.07, 6.45) is 2.87. The maximum absolute atomic E-state index is 11.8. The van der Waals surface area contributed by atoms with E-state index < -0.39 is 5.54 Å². The number of rotatable bonds is 8. The Bertz CT molecular complexity index is 1010. The van der Waals surface area contributed by atoms with E-state index in [9.17, 15) is 4.79 Å². The molecule has 3 aromatic carbocycles. The van der Waals surface area contributed by atoms with Crippen LogP contribution in [0.1, 0.15) is 35.7 Å².